The number of fused-ring (bicyclic) bond motifs is 1. The van der Waals surface area contributed by atoms with Gasteiger partial charge in [0.05, 0.1) is 6.61 Å². The number of benzene rings is 2. The average Bonchev–Trinajstić information content (AvgIpc) is 2.91. The Bertz CT molecular complexity index is 1230. The molecule has 9 nitrogen and oxygen atoms in total. The van der Waals surface area contributed by atoms with Crippen molar-refractivity contribution in [3.05, 3.63) is 52.7 Å². The van der Waals surface area contributed by atoms with E-state index in [0.29, 0.717) is 37.6 Å². The molecule has 2 heterocycles. The first-order chi connectivity index (χ1) is 18.0. The molecule has 1 aliphatic rings. The molecule has 37 heavy (non-hydrogen) atoms. The average molecular weight is 511 g/mol. The highest BCUT2D eigenvalue weighted by Gasteiger charge is 2.14. The second-order valence-corrected chi connectivity index (χ2v) is 9.26. The molecule has 2 aromatic carbocycles. The fourth-order valence-corrected chi connectivity index (χ4v) is 4.47. The molecule has 4 rings (SSSR count). The van der Waals surface area contributed by atoms with Crippen molar-refractivity contribution < 1.29 is 29.0 Å². The van der Waals surface area contributed by atoms with E-state index < -0.39 is 5.91 Å². The van der Waals surface area contributed by atoms with Gasteiger partial charge in [-0.25, -0.2) is 5.48 Å². The number of hydroxylamine groups is 1. The largest absolute Gasteiger partial charge is 0.507 e. The molecule has 1 aliphatic heterocycles. The fraction of sp³-hybridized carbons (Fsp3) is 0.429. The Labute approximate surface area is 215 Å². The summed E-state index contributed by atoms with van der Waals surface area (Å²) in [6.45, 7) is 4.18. The normalized spacial score (nSPS) is 14.0. The number of phenols is 1. The molecule has 3 aromatic rings. The van der Waals surface area contributed by atoms with Crippen molar-refractivity contribution in [3.63, 3.8) is 0 Å². The van der Waals surface area contributed by atoms with Gasteiger partial charge in [0, 0.05) is 36.7 Å². The molecule has 0 radical (unpaired) electrons. The van der Waals surface area contributed by atoms with E-state index in [0.717, 1.165) is 37.4 Å². The van der Waals surface area contributed by atoms with Crippen molar-refractivity contribution in [2.45, 2.75) is 44.9 Å². The number of nitrogens with zero attached hydrogens (tertiary/aromatic N) is 1. The molecule has 1 fully saturated rings. The van der Waals surface area contributed by atoms with Crippen molar-refractivity contribution in [2.24, 2.45) is 0 Å². The molecule has 1 aromatic heterocycles. The number of rotatable bonds is 12. The van der Waals surface area contributed by atoms with Gasteiger partial charge in [0.2, 0.25) is 5.91 Å². The number of carbonyl (C=O) groups excluding carboxylic acids is 1. The molecule has 0 bridgehead atoms. The van der Waals surface area contributed by atoms with Crippen molar-refractivity contribution in [3.8, 4) is 28.6 Å². The van der Waals surface area contributed by atoms with Crippen molar-refractivity contribution in [1.82, 2.24) is 10.4 Å². The van der Waals surface area contributed by atoms with Crippen LogP contribution in [0, 0.1) is 0 Å². The van der Waals surface area contributed by atoms with E-state index in [4.69, 9.17) is 19.1 Å². The van der Waals surface area contributed by atoms with Gasteiger partial charge in [-0.1, -0.05) is 6.42 Å². The van der Waals surface area contributed by atoms with Gasteiger partial charge in [0.25, 0.3) is 0 Å². The molecule has 0 aliphatic carbocycles. The van der Waals surface area contributed by atoms with Crippen LogP contribution in [-0.4, -0.2) is 54.0 Å². The number of likely N-dealkylation sites (tertiary alicyclic amines) is 1. The van der Waals surface area contributed by atoms with E-state index in [1.165, 1.54) is 31.4 Å². The number of aromatic hydroxyl groups is 1. The standard InChI is InChI=1S/C28H34N2O7/c31-23-17-22(35-15-6-1-3-7-27(33)29-34)18-26-28(23)24(32)19-25(37-26)20-8-10-21(11-9-20)36-16-14-30-12-4-2-5-13-30/h8-11,17-19,31,34H,1-7,12-16H2,(H,29,33). The molecule has 3 N–H and O–H groups in total. The third-order valence-electron chi connectivity index (χ3n) is 6.49. The Morgan fingerprint density at radius 1 is 0.946 bits per heavy atom. The summed E-state index contributed by atoms with van der Waals surface area (Å²) in [6, 6.07) is 11.8. The number of unbranched alkanes of at least 4 members (excludes halogenated alkanes) is 2. The van der Waals surface area contributed by atoms with Crippen LogP contribution in [-0.2, 0) is 4.79 Å². The van der Waals surface area contributed by atoms with Gasteiger partial charge < -0.3 is 19.0 Å². The lowest BCUT2D eigenvalue weighted by Gasteiger charge is -2.26. The van der Waals surface area contributed by atoms with Crippen molar-refractivity contribution in [2.75, 3.05) is 32.8 Å². The summed E-state index contributed by atoms with van der Waals surface area (Å²) >= 11 is 0. The van der Waals surface area contributed by atoms with Crippen LogP contribution in [0.1, 0.15) is 44.9 Å². The second kappa shape index (κ2) is 13.1. The number of phenolic OH excluding ortho intramolecular Hbond substituents is 1. The highest BCUT2D eigenvalue weighted by molar-refractivity contribution is 5.86. The molecule has 0 saturated carbocycles. The Balaban J connectivity index is 1.37. The minimum atomic E-state index is -0.416. The first-order valence-electron chi connectivity index (χ1n) is 12.9. The molecule has 0 unspecified atom stereocenters. The molecular weight excluding hydrogens is 476 g/mol. The Morgan fingerprint density at radius 3 is 2.46 bits per heavy atom. The summed E-state index contributed by atoms with van der Waals surface area (Å²) in [5, 5.41) is 19.0. The van der Waals surface area contributed by atoms with Crippen LogP contribution < -0.4 is 20.4 Å². The third-order valence-corrected chi connectivity index (χ3v) is 6.49. The highest BCUT2D eigenvalue weighted by atomic mass is 16.5. The molecule has 1 saturated heterocycles. The lowest BCUT2D eigenvalue weighted by Crippen LogP contribution is -2.33. The fourth-order valence-electron chi connectivity index (χ4n) is 4.47. The van der Waals surface area contributed by atoms with Crippen LogP contribution in [0.2, 0.25) is 0 Å². The number of ether oxygens (including phenoxy) is 2. The van der Waals surface area contributed by atoms with Crippen LogP contribution in [0.15, 0.2) is 51.7 Å². The Hall–Kier alpha value is -3.56. The first kappa shape index (κ1) is 26.5. The molecule has 198 valence electrons. The summed E-state index contributed by atoms with van der Waals surface area (Å²) in [4.78, 5) is 26.2. The first-order valence-corrected chi connectivity index (χ1v) is 12.9. The topological polar surface area (TPSA) is 121 Å². The van der Waals surface area contributed by atoms with Crippen LogP contribution in [0.4, 0.5) is 0 Å². The van der Waals surface area contributed by atoms with Crippen LogP contribution >= 0.6 is 0 Å². The van der Waals surface area contributed by atoms with Gasteiger partial charge in [0.1, 0.15) is 40.6 Å². The number of nitrogens with one attached hydrogen (secondary N) is 1. The minimum absolute atomic E-state index is 0.101. The predicted molar refractivity (Wildman–Crippen MR) is 139 cm³/mol. The predicted octanol–water partition coefficient (Wildman–Crippen LogP) is 4.47. The summed E-state index contributed by atoms with van der Waals surface area (Å²) in [7, 11) is 0. The van der Waals surface area contributed by atoms with E-state index in [1.54, 1.807) is 11.5 Å². The van der Waals surface area contributed by atoms with Crippen molar-refractivity contribution in [1.29, 1.82) is 0 Å². The zero-order valence-electron chi connectivity index (χ0n) is 20.9. The smallest absolute Gasteiger partial charge is 0.243 e. The number of carbonyl (C=O) groups is 1. The monoisotopic (exact) mass is 510 g/mol. The summed E-state index contributed by atoms with van der Waals surface area (Å²) < 4.78 is 17.6. The Kier molecular flexibility index (Phi) is 9.40. The maximum Gasteiger partial charge on any atom is 0.243 e. The number of hydrogen-bond acceptors (Lipinski definition) is 8. The van der Waals surface area contributed by atoms with Crippen molar-refractivity contribution >= 4 is 16.9 Å². The SMILES string of the molecule is O=C(CCCCCOc1cc(O)c2c(=O)cc(-c3ccc(OCCN4CCCCC4)cc3)oc2c1)NO. The lowest BCUT2D eigenvalue weighted by atomic mass is 10.1. The number of piperidine rings is 1. The zero-order chi connectivity index (χ0) is 26.0. The molecular formula is C28H34N2O7. The van der Waals surface area contributed by atoms with Gasteiger partial charge in [-0.2, -0.15) is 0 Å². The van der Waals surface area contributed by atoms with Gasteiger partial charge >= 0.3 is 0 Å². The quantitative estimate of drug-likeness (QED) is 0.185. The van der Waals surface area contributed by atoms with Gasteiger partial charge in [0.15, 0.2) is 5.43 Å². The van der Waals surface area contributed by atoms with Crippen LogP contribution in [0.5, 0.6) is 17.2 Å². The number of hydrogen-bond donors (Lipinski definition) is 3. The molecule has 1 amide bonds. The van der Waals surface area contributed by atoms with Gasteiger partial charge in [-0.3, -0.25) is 19.7 Å². The van der Waals surface area contributed by atoms with Crippen LogP contribution in [0.3, 0.4) is 0 Å². The summed E-state index contributed by atoms with van der Waals surface area (Å²) in [5.41, 5.74) is 2.22. The maximum absolute atomic E-state index is 12.7. The second-order valence-electron chi connectivity index (χ2n) is 9.26. The summed E-state index contributed by atoms with van der Waals surface area (Å²) in [6.07, 6.45) is 6.12. The minimum Gasteiger partial charge on any atom is -0.507 e. The van der Waals surface area contributed by atoms with Crippen LogP contribution in [0.25, 0.3) is 22.3 Å². The summed E-state index contributed by atoms with van der Waals surface area (Å²) in [5.74, 6) is 0.909. The van der Waals surface area contributed by atoms with Gasteiger partial charge in [-0.15, -0.1) is 0 Å². The van der Waals surface area contributed by atoms with E-state index in [9.17, 15) is 14.7 Å². The molecule has 0 atom stereocenters. The zero-order valence-corrected chi connectivity index (χ0v) is 20.9. The van der Waals surface area contributed by atoms with E-state index in [-0.39, 0.29) is 28.6 Å². The molecule has 9 heteroatoms. The molecule has 0 spiro atoms. The number of amides is 1. The highest BCUT2D eigenvalue weighted by Crippen LogP contribution is 2.31. The lowest BCUT2D eigenvalue weighted by molar-refractivity contribution is -0.129. The third kappa shape index (κ3) is 7.47. The Morgan fingerprint density at radius 2 is 1.70 bits per heavy atom. The van der Waals surface area contributed by atoms with E-state index >= 15 is 0 Å². The van der Waals surface area contributed by atoms with Gasteiger partial charge in [-0.05, 0) is 69.5 Å². The maximum atomic E-state index is 12.7. The van der Waals surface area contributed by atoms with E-state index in [1.807, 2.05) is 24.3 Å². The van der Waals surface area contributed by atoms with E-state index in [2.05, 4.69) is 4.90 Å².